The van der Waals surface area contributed by atoms with E-state index in [9.17, 15) is 0 Å². The first-order valence-electron chi connectivity index (χ1n) is 4.29. The van der Waals surface area contributed by atoms with Crippen LogP contribution in [0.4, 0.5) is 0 Å². The van der Waals surface area contributed by atoms with Crippen molar-refractivity contribution >= 4 is 5.70 Å². The monoisotopic (exact) mass is 161 g/mol. The molecule has 0 bridgehead atoms. The molecule has 1 aromatic carbocycles. The van der Waals surface area contributed by atoms with E-state index in [4.69, 9.17) is 5.73 Å². The molecule has 0 saturated carbocycles. The van der Waals surface area contributed by atoms with Crippen molar-refractivity contribution in [3.8, 4) is 0 Å². The maximum absolute atomic E-state index is 5.78. The van der Waals surface area contributed by atoms with Gasteiger partial charge in [0.15, 0.2) is 0 Å². The average Bonchev–Trinajstić information content (AvgIpc) is 2.17. The van der Waals surface area contributed by atoms with Gasteiger partial charge in [0.25, 0.3) is 0 Å². The highest BCUT2D eigenvalue weighted by Gasteiger charge is 1.95. The molecule has 0 heterocycles. The predicted molar refractivity (Wildman–Crippen MR) is 53.7 cm³/mol. The number of hydrogen-bond donors (Lipinski definition) is 1. The summed E-state index contributed by atoms with van der Waals surface area (Å²) >= 11 is 0. The Bertz CT molecular complexity index is 287. The minimum atomic E-state index is 0.852. The Morgan fingerprint density at radius 2 is 2.25 bits per heavy atom. The molecule has 0 aliphatic carbocycles. The smallest absolute Gasteiger partial charge is 0.0344 e. The molecule has 0 unspecified atom stereocenters. The van der Waals surface area contributed by atoms with Crippen molar-refractivity contribution in [1.29, 1.82) is 0 Å². The van der Waals surface area contributed by atoms with E-state index in [0.29, 0.717) is 0 Å². The Kier molecular flexibility index (Phi) is 2.92. The zero-order valence-electron chi connectivity index (χ0n) is 7.67. The van der Waals surface area contributed by atoms with Crippen molar-refractivity contribution in [1.82, 2.24) is 0 Å². The molecule has 0 saturated heterocycles. The largest absolute Gasteiger partial charge is 0.399 e. The predicted octanol–water partition coefficient (Wildman–Crippen LogP) is 2.57. The maximum Gasteiger partial charge on any atom is 0.0344 e. The van der Waals surface area contributed by atoms with Crippen molar-refractivity contribution in [2.24, 2.45) is 5.73 Å². The zero-order chi connectivity index (χ0) is 8.97. The molecule has 0 amide bonds. The van der Waals surface area contributed by atoms with Crippen LogP contribution < -0.4 is 5.73 Å². The molecule has 1 aromatic rings. The molecule has 0 aliphatic rings. The molecular weight excluding hydrogens is 146 g/mol. The minimum Gasteiger partial charge on any atom is -0.399 e. The summed E-state index contributed by atoms with van der Waals surface area (Å²) in [5, 5.41) is 0. The van der Waals surface area contributed by atoms with Gasteiger partial charge in [-0.3, -0.25) is 0 Å². The van der Waals surface area contributed by atoms with Crippen molar-refractivity contribution in [2.45, 2.75) is 20.3 Å². The first-order valence-corrected chi connectivity index (χ1v) is 4.29. The molecule has 0 atom stereocenters. The lowest BCUT2D eigenvalue weighted by Gasteiger charge is -2.02. The highest BCUT2D eigenvalue weighted by atomic mass is 14.6. The van der Waals surface area contributed by atoms with E-state index in [1.54, 1.807) is 0 Å². The van der Waals surface area contributed by atoms with Crippen LogP contribution in [0, 0.1) is 0 Å². The van der Waals surface area contributed by atoms with Crippen LogP contribution in [-0.4, -0.2) is 0 Å². The van der Waals surface area contributed by atoms with Crippen LogP contribution in [0.25, 0.3) is 5.70 Å². The van der Waals surface area contributed by atoms with Gasteiger partial charge in [0.1, 0.15) is 0 Å². The fraction of sp³-hybridized carbons (Fsp3) is 0.273. The van der Waals surface area contributed by atoms with Crippen LogP contribution in [0.5, 0.6) is 0 Å². The van der Waals surface area contributed by atoms with E-state index in [1.165, 1.54) is 5.56 Å². The molecule has 0 radical (unpaired) electrons. The van der Waals surface area contributed by atoms with E-state index in [-0.39, 0.29) is 0 Å². The van der Waals surface area contributed by atoms with Gasteiger partial charge in [-0.05, 0) is 30.5 Å². The third kappa shape index (κ3) is 1.88. The molecule has 1 rings (SSSR count). The normalized spacial score (nSPS) is 11.7. The molecule has 1 heteroatoms. The zero-order valence-corrected chi connectivity index (χ0v) is 7.67. The fourth-order valence-electron chi connectivity index (χ4n) is 1.14. The summed E-state index contributed by atoms with van der Waals surface area (Å²) in [4.78, 5) is 0. The third-order valence-electron chi connectivity index (χ3n) is 1.98. The second kappa shape index (κ2) is 3.96. The van der Waals surface area contributed by atoms with Crippen LogP contribution >= 0.6 is 0 Å². The summed E-state index contributed by atoms with van der Waals surface area (Å²) in [6.45, 7) is 4.10. The first-order chi connectivity index (χ1) is 5.77. The Morgan fingerprint density at radius 3 is 2.83 bits per heavy atom. The summed E-state index contributed by atoms with van der Waals surface area (Å²) in [5.41, 5.74) is 9.08. The number of aryl methyl sites for hydroxylation is 1. The second-order valence-corrected chi connectivity index (χ2v) is 2.80. The molecule has 12 heavy (non-hydrogen) atoms. The van der Waals surface area contributed by atoms with E-state index in [2.05, 4.69) is 19.1 Å². The van der Waals surface area contributed by atoms with Crippen LogP contribution in [0.15, 0.2) is 30.3 Å². The van der Waals surface area contributed by atoms with Crippen LogP contribution in [0.1, 0.15) is 25.0 Å². The van der Waals surface area contributed by atoms with Gasteiger partial charge >= 0.3 is 0 Å². The lowest BCUT2D eigenvalue weighted by molar-refractivity contribution is 1.14. The average molecular weight is 161 g/mol. The standard InChI is InChI=1S/C11H15N/c1-3-9-6-5-7-10(8-9)11(12)4-2/h4-8H,3,12H2,1-2H3/b11-4-. The van der Waals surface area contributed by atoms with Gasteiger partial charge in [0.05, 0.1) is 0 Å². The van der Waals surface area contributed by atoms with Crippen LogP contribution in [-0.2, 0) is 6.42 Å². The number of nitrogens with two attached hydrogens (primary N) is 1. The molecule has 0 spiro atoms. The molecule has 0 aromatic heterocycles. The topological polar surface area (TPSA) is 26.0 Å². The number of benzene rings is 1. The van der Waals surface area contributed by atoms with Crippen molar-refractivity contribution in [3.63, 3.8) is 0 Å². The van der Waals surface area contributed by atoms with Gasteiger partial charge in [-0.25, -0.2) is 0 Å². The highest BCUT2D eigenvalue weighted by molar-refractivity contribution is 5.62. The summed E-state index contributed by atoms with van der Waals surface area (Å²) < 4.78 is 0. The quantitative estimate of drug-likeness (QED) is 0.708. The number of hydrogen-bond acceptors (Lipinski definition) is 1. The maximum atomic E-state index is 5.78. The van der Waals surface area contributed by atoms with Crippen molar-refractivity contribution < 1.29 is 0 Å². The number of rotatable bonds is 2. The first kappa shape index (κ1) is 8.85. The summed E-state index contributed by atoms with van der Waals surface area (Å²) in [7, 11) is 0. The molecular formula is C11H15N. The van der Waals surface area contributed by atoms with Gasteiger partial charge in [-0.1, -0.05) is 31.2 Å². The van der Waals surface area contributed by atoms with Gasteiger partial charge < -0.3 is 5.73 Å². The summed E-state index contributed by atoms with van der Waals surface area (Å²) in [6.07, 6.45) is 2.99. The minimum absolute atomic E-state index is 0.852. The second-order valence-electron chi connectivity index (χ2n) is 2.80. The molecule has 2 N–H and O–H groups in total. The highest BCUT2D eigenvalue weighted by Crippen LogP contribution is 2.11. The molecule has 0 fully saturated rings. The van der Waals surface area contributed by atoms with E-state index in [1.807, 2.05) is 25.1 Å². The SMILES string of the molecule is C/C=C(\N)c1cccc(CC)c1. The fourth-order valence-corrected chi connectivity index (χ4v) is 1.14. The lowest BCUT2D eigenvalue weighted by atomic mass is 10.1. The molecule has 1 nitrogen and oxygen atoms in total. The van der Waals surface area contributed by atoms with Crippen LogP contribution in [0.3, 0.4) is 0 Å². The number of allylic oxidation sites excluding steroid dienone is 1. The van der Waals surface area contributed by atoms with Crippen LogP contribution in [0.2, 0.25) is 0 Å². The lowest BCUT2D eigenvalue weighted by Crippen LogP contribution is -1.95. The van der Waals surface area contributed by atoms with Crippen molar-refractivity contribution in [3.05, 3.63) is 41.5 Å². The Labute approximate surface area is 73.9 Å². The Morgan fingerprint density at radius 1 is 1.50 bits per heavy atom. The summed E-state index contributed by atoms with van der Waals surface area (Å²) in [6, 6.07) is 8.33. The summed E-state index contributed by atoms with van der Waals surface area (Å²) in [5.74, 6) is 0. The van der Waals surface area contributed by atoms with Crippen molar-refractivity contribution in [2.75, 3.05) is 0 Å². The molecule has 64 valence electrons. The van der Waals surface area contributed by atoms with Gasteiger partial charge in [0, 0.05) is 5.70 Å². The van der Waals surface area contributed by atoms with Gasteiger partial charge in [0.2, 0.25) is 0 Å². The molecule has 0 aliphatic heterocycles. The Hall–Kier alpha value is -1.24. The Balaban J connectivity index is 3.02. The van der Waals surface area contributed by atoms with E-state index >= 15 is 0 Å². The van der Waals surface area contributed by atoms with Gasteiger partial charge in [-0.2, -0.15) is 0 Å². The van der Waals surface area contributed by atoms with E-state index in [0.717, 1.165) is 17.7 Å². The van der Waals surface area contributed by atoms with Gasteiger partial charge in [-0.15, -0.1) is 0 Å². The third-order valence-corrected chi connectivity index (χ3v) is 1.98. The van der Waals surface area contributed by atoms with E-state index < -0.39 is 0 Å².